The van der Waals surface area contributed by atoms with Gasteiger partial charge in [-0.2, -0.15) is 0 Å². The van der Waals surface area contributed by atoms with Gasteiger partial charge in [0.25, 0.3) is 0 Å². The lowest BCUT2D eigenvalue weighted by molar-refractivity contribution is -0.139. The molecule has 0 saturated carbocycles. The number of rotatable bonds is 7. The van der Waals surface area contributed by atoms with Crippen LogP contribution in [0.4, 0.5) is 0 Å². The van der Waals surface area contributed by atoms with Crippen LogP contribution in [-0.2, 0) is 22.4 Å². The Morgan fingerprint density at radius 2 is 1.89 bits per heavy atom. The number of esters is 1. The van der Waals surface area contributed by atoms with E-state index in [1.807, 2.05) is 6.07 Å². The first kappa shape index (κ1) is 19.4. The number of hydrogen-bond acceptors (Lipinski definition) is 5. The number of carbonyl (C=O) groups excluding carboxylic acids is 3. The maximum atomic E-state index is 12.3. The van der Waals surface area contributed by atoms with Crippen LogP contribution in [0.2, 0.25) is 0 Å². The van der Waals surface area contributed by atoms with Crippen LogP contribution in [0, 0.1) is 13.8 Å². The number of thioether (sulfide) groups is 1. The Labute approximate surface area is 162 Å². The van der Waals surface area contributed by atoms with Gasteiger partial charge < -0.3 is 9.72 Å². The van der Waals surface area contributed by atoms with Gasteiger partial charge in [-0.15, -0.1) is 11.8 Å². The molecule has 0 unspecified atom stereocenters. The number of carbonyl (C=O) groups is 3. The zero-order chi connectivity index (χ0) is 19.6. The number of H-pyrrole nitrogens is 1. The van der Waals surface area contributed by atoms with Gasteiger partial charge >= 0.3 is 5.97 Å². The highest BCUT2D eigenvalue weighted by atomic mass is 32.2. The van der Waals surface area contributed by atoms with Crippen molar-refractivity contribution < 1.29 is 19.1 Å². The molecule has 27 heavy (non-hydrogen) atoms. The minimum atomic E-state index is -0.429. The molecule has 5 nitrogen and oxygen atoms in total. The normalized spacial score (nSPS) is 12.7. The summed E-state index contributed by atoms with van der Waals surface area (Å²) < 4.78 is 5.12. The smallest absolute Gasteiger partial charge is 0.316 e. The molecule has 0 aliphatic heterocycles. The summed E-state index contributed by atoms with van der Waals surface area (Å²) in [4.78, 5) is 40.0. The summed E-state index contributed by atoms with van der Waals surface area (Å²) in [5, 5.41) is 0. The number of ketones is 2. The predicted molar refractivity (Wildman–Crippen MR) is 105 cm³/mol. The quantitative estimate of drug-likeness (QED) is 0.445. The fraction of sp³-hybridized carbons (Fsp3) is 0.381. The van der Waals surface area contributed by atoms with Crippen molar-refractivity contribution in [1.82, 2.24) is 4.98 Å². The third-order valence-corrected chi connectivity index (χ3v) is 5.83. The molecule has 0 atom stereocenters. The van der Waals surface area contributed by atoms with Gasteiger partial charge in [0.2, 0.25) is 5.78 Å². The fourth-order valence-corrected chi connectivity index (χ4v) is 4.35. The Morgan fingerprint density at radius 3 is 2.59 bits per heavy atom. The monoisotopic (exact) mass is 385 g/mol. The number of Topliss-reactive ketones (excluding diaryl/α,β-unsaturated/α-hetero) is 2. The van der Waals surface area contributed by atoms with Crippen molar-refractivity contribution in [1.29, 1.82) is 0 Å². The van der Waals surface area contributed by atoms with Crippen LogP contribution in [-0.4, -0.2) is 34.9 Å². The Balaban J connectivity index is 1.52. The highest BCUT2D eigenvalue weighted by molar-refractivity contribution is 8.00. The molecule has 1 aromatic heterocycles. The van der Waals surface area contributed by atoms with Crippen LogP contribution in [0.25, 0.3) is 0 Å². The third kappa shape index (κ3) is 4.33. The molecular weight excluding hydrogens is 362 g/mol. The average molecular weight is 385 g/mol. The number of ether oxygens (including phenoxy) is 1. The molecule has 1 heterocycles. The summed E-state index contributed by atoms with van der Waals surface area (Å²) in [6, 6.07) is 6.30. The molecule has 2 aromatic rings. The summed E-state index contributed by atoms with van der Waals surface area (Å²) in [7, 11) is 0. The van der Waals surface area contributed by atoms with Crippen LogP contribution in [0.3, 0.4) is 0 Å². The molecule has 142 valence electrons. The van der Waals surface area contributed by atoms with Crippen molar-refractivity contribution in [3.63, 3.8) is 0 Å². The topological polar surface area (TPSA) is 76.2 Å². The molecule has 1 aromatic carbocycles. The first-order valence-electron chi connectivity index (χ1n) is 9.00. The van der Waals surface area contributed by atoms with Crippen molar-refractivity contribution in [2.24, 2.45) is 0 Å². The van der Waals surface area contributed by atoms with Gasteiger partial charge in [0.1, 0.15) is 0 Å². The van der Waals surface area contributed by atoms with E-state index in [9.17, 15) is 14.4 Å². The number of aryl methyl sites for hydroxylation is 3. The predicted octanol–water partition coefficient (Wildman–Crippen LogP) is 3.84. The van der Waals surface area contributed by atoms with E-state index in [0.717, 1.165) is 17.7 Å². The lowest BCUT2D eigenvalue weighted by Gasteiger charge is -2.06. The number of aromatic amines is 1. The number of nitrogens with one attached hydrogen (secondary N) is 1. The second-order valence-corrected chi connectivity index (χ2v) is 7.89. The van der Waals surface area contributed by atoms with Crippen molar-refractivity contribution in [3.8, 4) is 0 Å². The van der Waals surface area contributed by atoms with E-state index >= 15 is 0 Å². The molecule has 3 rings (SSSR count). The van der Waals surface area contributed by atoms with Crippen LogP contribution in [0.15, 0.2) is 23.1 Å². The Hall–Kier alpha value is -2.34. The van der Waals surface area contributed by atoms with Crippen molar-refractivity contribution >= 4 is 29.3 Å². The van der Waals surface area contributed by atoms with Gasteiger partial charge in [-0.25, -0.2) is 0 Å². The second kappa shape index (κ2) is 8.13. The summed E-state index contributed by atoms with van der Waals surface area (Å²) in [6.07, 6.45) is 3.42. The summed E-state index contributed by atoms with van der Waals surface area (Å²) in [6.45, 7) is 4.61. The molecule has 0 saturated heterocycles. The lowest BCUT2D eigenvalue weighted by Crippen LogP contribution is -2.16. The molecule has 0 radical (unpaired) electrons. The Bertz CT molecular complexity index is 913. The highest BCUT2D eigenvalue weighted by Gasteiger charge is 2.21. The van der Waals surface area contributed by atoms with Crippen molar-refractivity contribution in [3.05, 3.63) is 51.8 Å². The van der Waals surface area contributed by atoms with Crippen LogP contribution < -0.4 is 0 Å². The molecule has 1 aliphatic carbocycles. The molecule has 1 aliphatic rings. The van der Waals surface area contributed by atoms with E-state index in [0.29, 0.717) is 22.5 Å². The summed E-state index contributed by atoms with van der Waals surface area (Å²) in [5.74, 6) is -0.698. The van der Waals surface area contributed by atoms with Gasteiger partial charge in [0.15, 0.2) is 12.4 Å². The van der Waals surface area contributed by atoms with Gasteiger partial charge in [-0.1, -0.05) is 6.07 Å². The van der Waals surface area contributed by atoms with E-state index in [1.165, 1.54) is 36.2 Å². The second-order valence-electron chi connectivity index (χ2n) is 6.84. The Morgan fingerprint density at radius 1 is 1.15 bits per heavy atom. The molecule has 0 amide bonds. The molecule has 0 fully saturated rings. The lowest BCUT2D eigenvalue weighted by atomic mass is 10.1. The zero-order valence-corrected chi connectivity index (χ0v) is 16.6. The number of benzene rings is 1. The molecule has 6 heteroatoms. The van der Waals surface area contributed by atoms with E-state index in [4.69, 9.17) is 4.74 Å². The van der Waals surface area contributed by atoms with E-state index in [1.54, 1.807) is 13.8 Å². The van der Waals surface area contributed by atoms with E-state index in [-0.39, 0.29) is 23.9 Å². The van der Waals surface area contributed by atoms with Gasteiger partial charge in [-0.05, 0) is 68.9 Å². The first-order chi connectivity index (χ1) is 12.9. The first-order valence-corrected chi connectivity index (χ1v) is 9.99. The van der Waals surface area contributed by atoms with Gasteiger partial charge in [-0.3, -0.25) is 14.4 Å². The van der Waals surface area contributed by atoms with Crippen LogP contribution in [0.5, 0.6) is 0 Å². The Kier molecular flexibility index (Phi) is 5.85. The number of hydrogen-bond donors (Lipinski definition) is 1. The fourth-order valence-electron chi connectivity index (χ4n) is 3.60. The molecule has 1 N–H and O–H groups in total. The van der Waals surface area contributed by atoms with Crippen LogP contribution >= 0.6 is 11.8 Å². The molecule has 0 spiro atoms. The summed E-state index contributed by atoms with van der Waals surface area (Å²) in [5.41, 5.74) is 4.88. The summed E-state index contributed by atoms with van der Waals surface area (Å²) >= 11 is 1.42. The minimum Gasteiger partial charge on any atom is -0.457 e. The average Bonchev–Trinajstić information content (AvgIpc) is 3.21. The van der Waals surface area contributed by atoms with E-state index in [2.05, 4.69) is 17.1 Å². The zero-order valence-electron chi connectivity index (χ0n) is 15.8. The number of aromatic nitrogens is 1. The van der Waals surface area contributed by atoms with Crippen LogP contribution in [0.1, 0.15) is 56.6 Å². The minimum absolute atomic E-state index is 0.0944. The van der Waals surface area contributed by atoms with Crippen molar-refractivity contribution in [2.45, 2.75) is 44.9 Å². The SMILES string of the molecule is CC(=O)c1c(C)[nH]c(C(=O)COC(=O)CSc2ccc3c(c2)CCC3)c1C. The maximum Gasteiger partial charge on any atom is 0.316 e. The number of fused-ring (bicyclic) bond motifs is 1. The van der Waals surface area contributed by atoms with Gasteiger partial charge in [0.05, 0.1) is 11.4 Å². The largest absolute Gasteiger partial charge is 0.457 e. The highest BCUT2D eigenvalue weighted by Crippen LogP contribution is 2.27. The van der Waals surface area contributed by atoms with Gasteiger partial charge in [0, 0.05) is 16.2 Å². The molecule has 0 bridgehead atoms. The van der Waals surface area contributed by atoms with E-state index < -0.39 is 5.97 Å². The van der Waals surface area contributed by atoms with Crippen molar-refractivity contribution in [2.75, 3.05) is 12.4 Å². The third-order valence-electron chi connectivity index (χ3n) is 4.86. The maximum absolute atomic E-state index is 12.3. The molecular formula is C21H23NO4S. The standard InChI is InChI=1S/C21H23NO4S/c1-12-20(14(3)23)13(2)22-21(12)18(24)10-26-19(25)11-27-17-8-7-15-5-4-6-16(15)9-17/h7-9,22H,4-6,10-11H2,1-3H3.